The highest BCUT2D eigenvalue weighted by Gasteiger charge is 2.06. The molecule has 0 saturated carbocycles. The molecular weight excluding hydrogens is 244 g/mol. The Bertz CT molecular complexity index is 588. The third kappa shape index (κ3) is 3.25. The smallest absolute Gasteiger partial charge is 0.335 e. The average molecular weight is 258 g/mol. The molecule has 4 nitrogen and oxygen atoms in total. The Balaban J connectivity index is 2.07. The van der Waals surface area contributed by atoms with Crippen LogP contribution in [0.1, 0.15) is 21.5 Å². The topological polar surface area (TPSA) is 66.8 Å². The number of benzene rings is 2. The monoisotopic (exact) mass is 258 g/mol. The van der Waals surface area contributed by atoms with Gasteiger partial charge < -0.3 is 14.9 Å². The van der Waals surface area contributed by atoms with Crippen molar-refractivity contribution in [3.05, 3.63) is 59.2 Å². The summed E-state index contributed by atoms with van der Waals surface area (Å²) in [6, 6.07) is 11.5. The van der Waals surface area contributed by atoms with Gasteiger partial charge in [0.15, 0.2) is 0 Å². The number of carboxylic acids is 1. The van der Waals surface area contributed by atoms with E-state index in [4.69, 9.17) is 9.84 Å². The number of aromatic carboxylic acids is 1. The average Bonchev–Trinajstić information content (AvgIpc) is 2.39. The molecule has 0 heterocycles. The molecule has 19 heavy (non-hydrogen) atoms. The molecule has 2 rings (SSSR count). The predicted molar refractivity (Wildman–Crippen MR) is 70.6 cm³/mol. The van der Waals surface area contributed by atoms with E-state index in [1.807, 2.05) is 0 Å². The van der Waals surface area contributed by atoms with Crippen LogP contribution in [0, 0.1) is 6.92 Å². The van der Waals surface area contributed by atoms with Crippen molar-refractivity contribution >= 4 is 5.97 Å². The zero-order valence-corrected chi connectivity index (χ0v) is 10.5. The number of carbonyl (C=O) groups is 1. The van der Waals surface area contributed by atoms with Gasteiger partial charge in [0.05, 0.1) is 5.56 Å². The van der Waals surface area contributed by atoms with Crippen molar-refractivity contribution in [3.8, 4) is 11.5 Å². The fraction of sp³-hybridized carbons (Fsp3) is 0.133. The van der Waals surface area contributed by atoms with Gasteiger partial charge in [0.1, 0.15) is 18.1 Å². The molecule has 0 bridgehead atoms. The Morgan fingerprint density at radius 3 is 2.42 bits per heavy atom. The van der Waals surface area contributed by atoms with Crippen molar-refractivity contribution < 1.29 is 19.7 Å². The predicted octanol–water partition coefficient (Wildman–Crippen LogP) is 2.98. The molecule has 0 aromatic heterocycles. The van der Waals surface area contributed by atoms with Crippen molar-refractivity contribution in [2.45, 2.75) is 13.5 Å². The van der Waals surface area contributed by atoms with Gasteiger partial charge in [-0.2, -0.15) is 0 Å². The minimum absolute atomic E-state index is 0.214. The lowest BCUT2D eigenvalue weighted by molar-refractivity contribution is 0.0696. The lowest BCUT2D eigenvalue weighted by atomic mass is 10.1. The lowest BCUT2D eigenvalue weighted by Gasteiger charge is -2.09. The van der Waals surface area contributed by atoms with E-state index in [1.165, 1.54) is 6.07 Å². The van der Waals surface area contributed by atoms with Crippen LogP contribution in [-0.2, 0) is 6.61 Å². The number of aryl methyl sites for hydroxylation is 1. The van der Waals surface area contributed by atoms with Crippen LogP contribution in [0.3, 0.4) is 0 Å². The van der Waals surface area contributed by atoms with Crippen LogP contribution >= 0.6 is 0 Å². The number of phenols is 1. The number of hydrogen-bond acceptors (Lipinski definition) is 3. The van der Waals surface area contributed by atoms with Gasteiger partial charge >= 0.3 is 5.97 Å². The summed E-state index contributed by atoms with van der Waals surface area (Å²) in [5.74, 6) is -0.0861. The van der Waals surface area contributed by atoms with Crippen LogP contribution in [0.2, 0.25) is 0 Å². The number of hydrogen-bond donors (Lipinski definition) is 2. The van der Waals surface area contributed by atoms with Gasteiger partial charge in [-0.3, -0.25) is 0 Å². The first-order valence-corrected chi connectivity index (χ1v) is 5.81. The van der Waals surface area contributed by atoms with E-state index in [-0.39, 0.29) is 11.3 Å². The second-order valence-corrected chi connectivity index (χ2v) is 4.24. The van der Waals surface area contributed by atoms with Crippen molar-refractivity contribution in [1.29, 1.82) is 0 Å². The molecule has 4 heteroatoms. The van der Waals surface area contributed by atoms with Gasteiger partial charge in [-0.1, -0.05) is 12.1 Å². The molecular formula is C15H14O4. The van der Waals surface area contributed by atoms with E-state index >= 15 is 0 Å². The van der Waals surface area contributed by atoms with Gasteiger partial charge in [0.25, 0.3) is 0 Å². The Morgan fingerprint density at radius 1 is 1.16 bits per heavy atom. The number of aromatic hydroxyl groups is 1. The lowest BCUT2D eigenvalue weighted by Crippen LogP contribution is -2.00. The second-order valence-electron chi connectivity index (χ2n) is 4.24. The molecule has 2 N–H and O–H groups in total. The van der Waals surface area contributed by atoms with Gasteiger partial charge in [0.2, 0.25) is 0 Å². The summed E-state index contributed by atoms with van der Waals surface area (Å²) < 4.78 is 5.62. The molecule has 0 spiro atoms. The maximum atomic E-state index is 10.8. The van der Waals surface area contributed by atoms with E-state index in [0.29, 0.717) is 12.4 Å². The first-order valence-electron chi connectivity index (χ1n) is 5.81. The van der Waals surface area contributed by atoms with E-state index in [9.17, 15) is 9.90 Å². The fourth-order valence-corrected chi connectivity index (χ4v) is 1.70. The van der Waals surface area contributed by atoms with Gasteiger partial charge in [0, 0.05) is 0 Å². The van der Waals surface area contributed by atoms with Gasteiger partial charge in [-0.25, -0.2) is 4.79 Å². The first-order chi connectivity index (χ1) is 9.06. The molecule has 0 saturated heterocycles. The number of rotatable bonds is 4. The van der Waals surface area contributed by atoms with Crippen LogP contribution < -0.4 is 4.74 Å². The Kier molecular flexibility index (Phi) is 3.71. The fourth-order valence-electron chi connectivity index (χ4n) is 1.70. The summed E-state index contributed by atoms with van der Waals surface area (Å²) in [7, 11) is 0. The molecule has 0 fully saturated rings. The van der Waals surface area contributed by atoms with Crippen LogP contribution in [0.5, 0.6) is 11.5 Å². The Labute approximate surface area is 110 Å². The SMILES string of the molecule is Cc1cc(C(=O)O)ccc1OCc1ccc(O)cc1. The molecule has 0 aliphatic heterocycles. The van der Waals surface area contributed by atoms with Crippen molar-refractivity contribution in [2.24, 2.45) is 0 Å². The van der Waals surface area contributed by atoms with E-state index in [0.717, 1.165) is 11.1 Å². The number of ether oxygens (including phenoxy) is 1. The maximum Gasteiger partial charge on any atom is 0.335 e. The molecule has 98 valence electrons. The van der Waals surface area contributed by atoms with E-state index in [2.05, 4.69) is 0 Å². The molecule has 2 aromatic carbocycles. The van der Waals surface area contributed by atoms with Crippen molar-refractivity contribution in [1.82, 2.24) is 0 Å². The largest absolute Gasteiger partial charge is 0.508 e. The molecule has 0 atom stereocenters. The van der Waals surface area contributed by atoms with Crippen LogP contribution in [0.4, 0.5) is 0 Å². The Morgan fingerprint density at radius 2 is 1.84 bits per heavy atom. The number of phenolic OH excluding ortho intramolecular Hbond substituents is 1. The molecule has 0 unspecified atom stereocenters. The number of carboxylic acid groups (broad SMARTS) is 1. The van der Waals surface area contributed by atoms with Gasteiger partial charge in [-0.05, 0) is 48.4 Å². The summed E-state index contributed by atoms with van der Waals surface area (Å²) in [6.45, 7) is 2.17. The van der Waals surface area contributed by atoms with E-state index < -0.39 is 5.97 Å². The highest BCUT2D eigenvalue weighted by atomic mass is 16.5. The summed E-state index contributed by atoms with van der Waals surface area (Å²) >= 11 is 0. The van der Waals surface area contributed by atoms with Crippen LogP contribution in [0.25, 0.3) is 0 Å². The van der Waals surface area contributed by atoms with Crippen molar-refractivity contribution in [2.75, 3.05) is 0 Å². The third-order valence-corrected chi connectivity index (χ3v) is 2.75. The minimum atomic E-state index is -0.951. The zero-order valence-electron chi connectivity index (χ0n) is 10.5. The van der Waals surface area contributed by atoms with Crippen LogP contribution in [-0.4, -0.2) is 16.2 Å². The van der Waals surface area contributed by atoms with E-state index in [1.54, 1.807) is 43.3 Å². The maximum absolute atomic E-state index is 10.8. The summed E-state index contributed by atoms with van der Waals surface area (Å²) in [5, 5.41) is 18.0. The minimum Gasteiger partial charge on any atom is -0.508 e. The quantitative estimate of drug-likeness (QED) is 0.884. The second kappa shape index (κ2) is 5.44. The van der Waals surface area contributed by atoms with Gasteiger partial charge in [-0.15, -0.1) is 0 Å². The highest BCUT2D eigenvalue weighted by molar-refractivity contribution is 5.88. The standard InChI is InChI=1S/C15H14O4/c1-10-8-12(15(17)18)4-7-14(10)19-9-11-2-5-13(16)6-3-11/h2-8,16H,9H2,1H3,(H,17,18). The van der Waals surface area contributed by atoms with Crippen molar-refractivity contribution in [3.63, 3.8) is 0 Å². The summed E-state index contributed by atoms with van der Waals surface area (Å²) in [4.78, 5) is 10.8. The molecule has 0 radical (unpaired) electrons. The third-order valence-electron chi connectivity index (χ3n) is 2.75. The zero-order chi connectivity index (χ0) is 13.8. The molecule has 0 aliphatic rings. The molecule has 0 amide bonds. The highest BCUT2D eigenvalue weighted by Crippen LogP contribution is 2.21. The normalized spacial score (nSPS) is 10.2. The summed E-state index contributed by atoms with van der Waals surface area (Å²) in [5.41, 5.74) is 1.95. The molecule has 0 aliphatic carbocycles. The molecule has 2 aromatic rings. The summed E-state index contributed by atoms with van der Waals surface area (Å²) in [6.07, 6.45) is 0. The first kappa shape index (κ1) is 13.0. The Hall–Kier alpha value is -2.49. The van der Waals surface area contributed by atoms with Crippen LogP contribution in [0.15, 0.2) is 42.5 Å².